The van der Waals surface area contributed by atoms with Crippen molar-refractivity contribution in [3.8, 4) is 0 Å². The highest BCUT2D eigenvalue weighted by atomic mass is 19.1. The fourth-order valence-corrected chi connectivity index (χ4v) is 3.12. The van der Waals surface area contributed by atoms with Gasteiger partial charge in [-0.2, -0.15) is 0 Å². The van der Waals surface area contributed by atoms with Crippen LogP contribution in [0, 0.1) is 12.7 Å². The second-order valence-corrected chi connectivity index (χ2v) is 6.37. The van der Waals surface area contributed by atoms with Crippen molar-refractivity contribution in [1.29, 1.82) is 0 Å². The summed E-state index contributed by atoms with van der Waals surface area (Å²) in [5, 5.41) is 2.73. The smallest absolute Gasteiger partial charge is 0.244 e. The monoisotopic (exact) mass is 356 g/mol. The normalized spacial score (nSPS) is 17.0. The largest absolute Gasteiger partial charge is 0.310 e. The van der Waals surface area contributed by atoms with Crippen LogP contribution >= 0.6 is 0 Å². The van der Waals surface area contributed by atoms with Gasteiger partial charge >= 0.3 is 0 Å². The van der Waals surface area contributed by atoms with Gasteiger partial charge in [-0.1, -0.05) is 18.2 Å². The highest BCUT2D eigenvalue weighted by molar-refractivity contribution is 6.00. The van der Waals surface area contributed by atoms with Crippen LogP contribution in [0.5, 0.6) is 0 Å². The van der Waals surface area contributed by atoms with Crippen LogP contribution in [0.15, 0.2) is 42.5 Å². The number of nitrogens with zero attached hydrogens (tertiary/aromatic N) is 3. The maximum atomic E-state index is 13.9. The van der Waals surface area contributed by atoms with Gasteiger partial charge in [-0.3, -0.25) is 14.5 Å². The maximum Gasteiger partial charge on any atom is 0.244 e. The Morgan fingerprint density at radius 1 is 1.31 bits per heavy atom. The zero-order chi connectivity index (χ0) is 18.7. The van der Waals surface area contributed by atoms with E-state index in [0.29, 0.717) is 18.8 Å². The highest BCUT2D eigenvalue weighted by Crippen LogP contribution is 2.26. The summed E-state index contributed by atoms with van der Waals surface area (Å²) in [4.78, 5) is 32.2. The molecule has 7 heteroatoms. The fourth-order valence-electron chi connectivity index (χ4n) is 3.12. The standard InChI is InChI=1S/C19H21FN4O2/c1-13-6-5-9-17(21-13)22-18(25)12-23(2)16-10-11-24(19(16)26)15-8-4-3-7-14(15)20/h3-9,16H,10-12H2,1-2H3,(H,21,22,25). The van der Waals surface area contributed by atoms with E-state index in [1.54, 1.807) is 36.2 Å². The Kier molecular flexibility index (Phi) is 5.27. The molecule has 0 saturated carbocycles. The second kappa shape index (κ2) is 7.61. The summed E-state index contributed by atoms with van der Waals surface area (Å²) in [6.45, 7) is 2.32. The van der Waals surface area contributed by atoms with Crippen LogP contribution < -0.4 is 10.2 Å². The van der Waals surface area contributed by atoms with Crippen LogP contribution in [-0.2, 0) is 9.59 Å². The summed E-state index contributed by atoms with van der Waals surface area (Å²) in [5.41, 5.74) is 1.09. The van der Waals surface area contributed by atoms with Crippen molar-refractivity contribution < 1.29 is 14.0 Å². The van der Waals surface area contributed by atoms with Gasteiger partial charge in [0.15, 0.2) is 0 Å². The van der Waals surface area contributed by atoms with Crippen molar-refractivity contribution in [3.05, 3.63) is 54.0 Å². The van der Waals surface area contributed by atoms with Crippen LogP contribution in [0.4, 0.5) is 15.9 Å². The molecule has 2 aromatic rings. The fraction of sp³-hybridized carbons (Fsp3) is 0.316. The van der Waals surface area contributed by atoms with E-state index < -0.39 is 11.9 Å². The Labute approximate surface area is 151 Å². The highest BCUT2D eigenvalue weighted by Gasteiger charge is 2.36. The third-order valence-electron chi connectivity index (χ3n) is 4.40. The lowest BCUT2D eigenvalue weighted by Gasteiger charge is -2.23. The lowest BCUT2D eigenvalue weighted by molar-refractivity contribution is -0.123. The van der Waals surface area contributed by atoms with Crippen molar-refractivity contribution in [2.45, 2.75) is 19.4 Å². The number of pyridine rings is 1. The second-order valence-electron chi connectivity index (χ2n) is 6.37. The van der Waals surface area contributed by atoms with E-state index in [1.807, 2.05) is 19.1 Å². The quantitative estimate of drug-likeness (QED) is 0.892. The van der Waals surface area contributed by atoms with E-state index in [0.717, 1.165) is 5.69 Å². The van der Waals surface area contributed by atoms with Gasteiger partial charge < -0.3 is 10.2 Å². The molecule has 1 aliphatic heterocycles. The first kappa shape index (κ1) is 18.0. The molecule has 0 spiro atoms. The molecule has 26 heavy (non-hydrogen) atoms. The third kappa shape index (κ3) is 3.88. The van der Waals surface area contributed by atoms with E-state index in [1.165, 1.54) is 11.0 Å². The molecule has 1 N–H and O–H groups in total. The molecular formula is C19H21FN4O2. The number of hydrogen-bond acceptors (Lipinski definition) is 4. The topological polar surface area (TPSA) is 65.5 Å². The van der Waals surface area contributed by atoms with Gasteiger partial charge in [-0.25, -0.2) is 9.37 Å². The Morgan fingerprint density at radius 3 is 2.81 bits per heavy atom. The van der Waals surface area contributed by atoms with Crippen molar-refractivity contribution in [2.24, 2.45) is 0 Å². The third-order valence-corrected chi connectivity index (χ3v) is 4.40. The molecule has 0 radical (unpaired) electrons. The SMILES string of the molecule is Cc1cccc(NC(=O)CN(C)C2CCN(c3ccccc3F)C2=O)n1. The van der Waals surface area contributed by atoms with Crippen molar-refractivity contribution in [3.63, 3.8) is 0 Å². The summed E-state index contributed by atoms with van der Waals surface area (Å²) in [7, 11) is 1.72. The number of rotatable bonds is 5. The van der Waals surface area contributed by atoms with Gasteiger partial charge in [0, 0.05) is 12.2 Å². The number of halogens is 1. The average Bonchev–Trinajstić information content (AvgIpc) is 2.96. The first-order chi connectivity index (χ1) is 12.5. The summed E-state index contributed by atoms with van der Waals surface area (Å²) in [5.74, 6) is -0.386. The van der Waals surface area contributed by atoms with E-state index in [2.05, 4.69) is 10.3 Å². The molecule has 2 amide bonds. The minimum absolute atomic E-state index is 0.0527. The number of carbonyl (C=O) groups excluding carboxylic acids is 2. The molecule has 0 bridgehead atoms. The summed E-state index contributed by atoms with van der Waals surface area (Å²) < 4.78 is 13.9. The number of likely N-dealkylation sites (N-methyl/N-ethyl adjacent to an activating group) is 1. The Hall–Kier alpha value is -2.80. The summed E-state index contributed by atoms with van der Waals surface area (Å²) in [6.07, 6.45) is 0.541. The number of aryl methyl sites for hydroxylation is 1. The number of amides is 2. The summed E-state index contributed by atoms with van der Waals surface area (Å²) in [6, 6.07) is 11.1. The first-order valence-electron chi connectivity index (χ1n) is 8.45. The van der Waals surface area contributed by atoms with Gasteiger partial charge in [0.2, 0.25) is 11.8 Å². The lowest BCUT2D eigenvalue weighted by Crippen LogP contribution is -2.43. The molecule has 2 heterocycles. The maximum absolute atomic E-state index is 13.9. The number of carbonyl (C=O) groups is 2. The van der Waals surface area contributed by atoms with Crippen LogP contribution in [0.2, 0.25) is 0 Å². The lowest BCUT2D eigenvalue weighted by atomic mass is 10.2. The van der Waals surface area contributed by atoms with E-state index >= 15 is 0 Å². The van der Waals surface area contributed by atoms with E-state index in [4.69, 9.17) is 0 Å². The van der Waals surface area contributed by atoms with Gasteiger partial charge in [-0.05, 0) is 44.7 Å². The molecule has 0 aliphatic carbocycles. The summed E-state index contributed by atoms with van der Waals surface area (Å²) >= 11 is 0. The van der Waals surface area contributed by atoms with Crippen LogP contribution in [0.1, 0.15) is 12.1 Å². The van der Waals surface area contributed by atoms with Crippen LogP contribution in [-0.4, -0.2) is 47.9 Å². The zero-order valence-corrected chi connectivity index (χ0v) is 14.8. The van der Waals surface area contributed by atoms with Crippen molar-refractivity contribution in [1.82, 2.24) is 9.88 Å². The minimum Gasteiger partial charge on any atom is -0.310 e. The van der Waals surface area contributed by atoms with Gasteiger partial charge in [0.05, 0.1) is 18.3 Å². The predicted octanol–water partition coefficient (Wildman–Crippen LogP) is 2.20. The number of benzene rings is 1. The number of nitrogens with one attached hydrogen (secondary N) is 1. The molecule has 1 aromatic heterocycles. The molecule has 6 nitrogen and oxygen atoms in total. The molecule has 1 aromatic carbocycles. The molecule has 3 rings (SSSR count). The van der Waals surface area contributed by atoms with E-state index in [9.17, 15) is 14.0 Å². The minimum atomic E-state index is -0.453. The number of aromatic nitrogens is 1. The van der Waals surface area contributed by atoms with Gasteiger partial charge in [-0.15, -0.1) is 0 Å². The predicted molar refractivity (Wildman–Crippen MR) is 97.4 cm³/mol. The van der Waals surface area contributed by atoms with Crippen molar-refractivity contribution >= 4 is 23.3 Å². The number of para-hydroxylation sites is 1. The Bertz CT molecular complexity index is 827. The Morgan fingerprint density at radius 2 is 2.08 bits per heavy atom. The molecular weight excluding hydrogens is 335 g/mol. The van der Waals surface area contributed by atoms with Gasteiger partial charge in [0.1, 0.15) is 11.6 Å². The number of hydrogen-bond donors (Lipinski definition) is 1. The molecule has 1 aliphatic rings. The first-order valence-corrected chi connectivity index (χ1v) is 8.45. The van der Waals surface area contributed by atoms with Crippen LogP contribution in [0.25, 0.3) is 0 Å². The molecule has 1 fully saturated rings. The molecule has 1 atom stereocenters. The van der Waals surface area contributed by atoms with Gasteiger partial charge in [0.25, 0.3) is 0 Å². The molecule has 1 unspecified atom stereocenters. The Balaban J connectivity index is 1.62. The van der Waals surface area contributed by atoms with E-state index in [-0.39, 0.29) is 24.0 Å². The molecule has 136 valence electrons. The zero-order valence-electron chi connectivity index (χ0n) is 14.8. The van der Waals surface area contributed by atoms with Crippen molar-refractivity contribution in [2.75, 3.05) is 30.4 Å². The molecule has 1 saturated heterocycles. The number of anilines is 2. The van der Waals surface area contributed by atoms with Crippen LogP contribution in [0.3, 0.4) is 0 Å². The average molecular weight is 356 g/mol.